The molecule has 6 heteroatoms. The van der Waals surface area contributed by atoms with Gasteiger partial charge in [0.25, 0.3) is 0 Å². The molecular weight excluding hydrogens is 306 g/mol. The van der Waals surface area contributed by atoms with Crippen molar-refractivity contribution in [2.24, 2.45) is 0 Å². The second-order valence-electron chi connectivity index (χ2n) is 4.83. The van der Waals surface area contributed by atoms with Crippen LogP contribution in [0.15, 0.2) is 28.8 Å². The molecule has 0 aliphatic rings. The van der Waals surface area contributed by atoms with Gasteiger partial charge in [0.2, 0.25) is 0 Å². The summed E-state index contributed by atoms with van der Waals surface area (Å²) in [4.78, 5) is 9.66. The van der Waals surface area contributed by atoms with Gasteiger partial charge in [0, 0.05) is 23.2 Å². The molecule has 0 unspecified atom stereocenters. The van der Waals surface area contributed by atoms with Gasteiger partial charge in [0.1, 0.15) is 5.52 Å². The molecule has 4 nitrogen and oxygen atoms in total. The van der Waals surface area contributed by atoms with Crippen molar-refractivity contribution >= 4 is 39.7 Å². The maximum absolute atomic E-state index is 5.82. The molecule has 0 aliphatic heterocycles. The van der Waals surface area contributed by atoms with Crippen LogP contribution >= 0.6 is 22.9 Å². The second kappa shape index (κ2) is 6.45. The summed E-state index contributed by atoms with van der Waals surface area (Å²) in [6.45, 7) is 2.87. The van der Waals surface area contributed by atoms with Gasteiger partial charge in [0.15, 0.2) is 15.9 Å². The van der Waals surface area contributed by atoms with Crippen LogP contribution in [0.1, 0.15) is 30.5 Å². The number of thiazole rings is 1. The Labute approximate surface area is 132 Å². The van der Waals surface area contributed by atoms with Gasteiger partial charge in [-0.05, 0) is 24.6 Å². The van der Waals surface area contributed by atoms with E-state index in [4.69, 9.17) is 16.0 Å². The van der Waals surface area contributed by atoms with Crippen molar-refractivity contribution in [3.05, 3.63) is 39.6 Å². The Kier molecular flexibility index (Phi) is 4.41. The maximum atomic E-state index is 5.82. The Bertz CT molecular complexity index is 737. The van der Waals surface area contributed by atoms with Crippen molar-refractivity contribution in [3.63, 3.8) is 0 Å². The zero-order valence-electron chi connectivity index (χ0n) is 11.7. The minimum atomic E-state index is 0.569. The topological polar surface area (TPSA) is 51.0 Å². The Morgan fingerprint density at radius 3 is 3.05 bits per heavy atom. The Morgan fingerprint density at radius 2 is 2.29 bits per heavy atom. The third-order valence-electron chi connectivity index (χ3n) is 3.17. The number of anilines is 1. The lowest BCUT2D eigenvalue weighted by Gasteiger charge is -2.03. The molecule has 0 amide bonds. The number of hydrogen-bond donors (Lipinski definition) is 1. The predicted molar refractivity (Wildman–Crippen MR) is 87.1 cm³/mol. The van der Waals surface area contributed by atoms with Crippen LogP contribution in [0.2, 0.25) is 4.47 Å². The molecule has 0 saturated heterocycles. The van der Waals surface area contributed by atoms with Gasteiger partial charge in [0.05, 0.1) is 6.54 Å². The van der Waals surface area contributed by atoms with E-state index in [1.54, 1.807) is 6.20 Å². The van der Waals surface area contributed by atoms with E-state index in [1.807, 2.05) is 18.2 Å². The number of benzene rings is 1. The molecule has 110 valence electrons. The molecule has 0 atom stereocenters. The fourth-order valence-electron chi connectivity index (χ4n) is 2.07. The monoisotopic (exact) mass is 321 g/mol. The number of rotatable bonds is 6. The number of aryl methyl sites for hydroxylation is 1. The summed E-state index contributed by atoms with van der Waals surface area (Å²) < 4.78 is 6.30. The van der Waals surface area contributed by atoms with Crippen molar-refractivity contribution in [1.29, 1.82) is 0 Å². The van der Waals surface area contributed by atoms with E-state index in [9.17, 15) is 0 Å². The quantitative estimate of drug-likeness (QED) is 0.702. The van der Waals surface area contributed by atoms with E-state index in [1.165, 1.54) is 11.3 Å². The lowest BCUT2D eigenvalue weighted by Crippen LogP contribution is -1.96. The Hall–Kier alpha value is -1.59. The first-order valence-corrected chi connectivity index (χ1v) is 8.17. The molecule has 21 heavy (non-hydrogen) atoms. The van der Waals surface area contributed by atoms with Gasteiger partial charge in [-0.2, -0.15) is 0 Å². The van der Waals surface area contributed by atoms with Gasteiger partial charge < -0.3 is 9.73 Å². The van der Waals surface area contributed by atoms with Crippen molar-refractivity contribution in [1.82, 2.24) is 9.97 Å². The first-order valence-electron chi connectivity index (χ1n) is 6.98. The average Bonchev–Trinajstić information content (AvgIpc) is 3.08. The van der Waals surface area contributed by atoms with Crippen LogP contribution in [0.5, 0.6) is 0 Å². The first kappa shape index (κ1) is 14.4. The van der Waals surface area contributed by atoms with E-state index in [0.717, 1.165) is 46.8 Å². The highest BCUT2D eigenvalue weighted by molar-refractivity contribution is 7.15. The van der Waals surface area contributed by atoms with E-state index >= 15 is 0 Å². The first-order chi connectivity index (χ1) is 10.2. The molecule has 1 N–H and O–H groups in total. The molecule has 3 rings (SSSR count). The minimum absolute atomic E-state index is 0.569. The highest BCUT2D eigenvalue weighted by Crippen LogP contribution is 2.23. The Morgan fingerprint density at radius 1 is 1.38 bits per heavy atom. The zero-order chi connectivity index (χ0) is 14.7. The van der Waals surface area contributed by atoms with Crippen LogP contribution in [-0.2, 0) is 13.0 Å². The number of oxazole rings is 1. The standard InChI is InChI=1S/C15H16ClN3OS/c1-2-3-4-14-19-12-7-10(5-6-13(12)20-14)17-8-11-9-18-15(16)21-11/h5-7,9,17H,2-4,8H2,1H3. The van der Waals surface area contributed by atoms with Crippen LogP contribution in [0.25, 0.3) is 11.1 Å². The summed E-state index contributed by atoms with van der Waals surface area (Å²) in [5.41, 5.74) is 2.75. The molecule has 2 heterocycles. The van der Waals surface area contributed by atoms with Gasteiger partial charge >= 0.3 is 0 Å². The molecule has 3 aromatic rings. The number of nitrogens with zero attached hydrogens (tertiary/aromatic N) is 2. The van der Waals surface area contributed by atoms with Crippen LogP contribution in [0.4, 0.5) is 5.69 Å². The van der Waals surface area contributed by atoms with E-state index in [-0.39, 0.29) is 0 Å². The number of unbranched alkanes of at least 4 members (excludes halogenated alkanes) is 1. The van der Waals surface area contributed by atoms with Crippen molar-refractivity contribution in [3.8, 4) is 0 Å². The summed E-state index contributed by atoms with van der Waals surface area (Å²) in [5.74, 6) is 0.818. The summed E-state index contributed by atoms with van der Waals surface area (Å²) in [5, 5.41) is 3.35. The molecule has 0 radical (unpaired) electrons. The van der Waals surface area contributed by atoms with Gasteiger partial charge in [-0.3, -0.25) is 0 Å². The molecular formula is C15H16ClN3OS. The number of aromatic nitrogens is 2. The van der Waals surface area contributed by atoms with Crippen molar-refractivity contribution in [2.75, 3.05) is 5.32 Å². The number of fused-ring (bicyclic) bond motifs is 1. The zero-order valence-corrected chi connectivity index (χ0v) is 13.3. The fourth-order valence-corrected chi connectivity index (χ4v) is 2.99. The smallest absolute Gasteiger partial charge is 0.195 e. The van der Waals surface area contributed by atoms with Crippen LogP contribution in [-0.4, -0.2) is 9.97 Å². The summed E-state index contributed by atoms with van der Waals surface area (Å²) in [6, 6.07) is 5.97. The number of nitrogens with one attached hydrogen (secondary N) is 1. The van der Waals surface area contributed by atoms with Crippen molar-refractivity contribution < 1.29 is 4.42 Å². The lowest BCUT2D eigenvalue weighted by molar-refractivity contribution is 0.517. The van der Waals surface area contributed by atoms with Gasteiger partial charge in [-0.15, -0.1) is 11.3 Å². The predicted octanol–water partition coefficient (Wildman–Crippen LogP) is 4.89. The average molecular weight is 322 g/mol. The van der Waals surface area contributed by atoms with E-state index in [0.29, 0.717) is 11.0 Å². The van der Waals surface area contributed by atoms with Crippen molar-refractivity contribution in [2.45, 2.75) is 32.7 Å². The molecule has 0 spiro atoms. The van der Waals surface area contributed by atoms with E-state index in [2.05, 4.69) is 22.2 Å². The molecule has 0 aliphatic carbocycles. The maximum Gasteiger partial charge on any atom is 0.195 e. The van der Waals surface area contributed by atoms with Crippen LogP contribution in [0.3, 0.4) is 0 Å². The normalized spacial score (nSPS) is 11.1. The SMILES string of the molecule is CCCCc1nc2cc(NCc3cnc(Cl)s3)ccc2o1. The summed E-state index contributed by atoms with van der Waals surface area (Å²) >= 11 is 7.30. The lowest BCUT2D eigenvalue weighted by atomic mass is 10.2. The van der Waals surface area contributed by atoms with Crippen LogP contribution < -0.4 is 5.32 Å². The third kappa shape index (κ3) is 3.54. The molecule has 0 fully saturated rings. The summed E-state index contributed by atoms with van der Waals surface area (Å²) in [6.07, 6.45) is 4.93. The van der Waals surface area contributed by atoms with E-state index < -0.39 is 0 Å². The van der Waals surface area contributed by atoms with Gasteiger partial charge in [-0.1, -0.05) is 24.9 Å². The highest BCUT2D eigenvalue weighted by Gasteiger charge is 2.06. The molecule has 1 aromatic carbocycles. The van der Waals surface area contributed by atoms with Crippen LogP contribution in [0, 0.1) is 0 Å². The largest absolute Gasteiger partial charge is 0.441 e. The molecule has 0 bridgehead atoms. The Balaban J connectivity index is 1.71. The summed E-state index contributed by atoms with van der Waals surface area (Å²) in [7, 11) is 0. The number of hydrogen-bond acceptors (Lipinski definition) is 5. The van der Waals surface area contributed by atoms with Gasteiger partial charge in [-0.25, -0.2) is 9.97 Å². The molecule has 2 aromatic heterocycles. The third-order valence-corrected chi connectivity index (χ3v) is 4.28. The highest BCUT2D eigenvalue weighted by atomic mass is 35.5. The number of halogens is 1. The second-order valence-corrected chi connectivity index (χ2v) is 6.52. The fraction of sp³-hybridized carbons (Fsp3) is 0.333. The minimum Gasteiger partial charge on any atom is -0.441 e. The molecule has 0 saturated carbocycles.